The molecule has 33 heavy (non-hydrogen) atoms. The van der Waals surface area contributed by atoms with Gasteiger partial charge in [-0.25, -0.2) is 9.18 Å². The van der Waals surface area contributed by atoms with Gasteiger partial charge >= 0.3 is 12.2 Å². The van der Waals surface area contributed by atoms with Crippen LogP contribution >= 0.6 is 0 Å². The van der Waals surface area contributed by atoms with Crippen molar-refractivity contribution in [3.05, 3.63) is 58.9 Å². The number of halogens is 4. The van der Waals surface area contributed by atoms with Gasteiger partial charge in [0, 0.05) is 25.0 Å². The quantitative estimate of drug-likeness (QED) is 0.706. The van der Waals surface area contributed by atoms with E-state index < -0.39 is 47.1 Å². The molecule has 4 rings (SSSR count). The average molecular weight is 462 g/mol. The molecule has 0 radical (unpaired) electrons. The summed E-state index contributed by atoms with van der Waals surface area (Å²) in [6.45, 7) is 0.395. The minimum absolute atomic E-state index is 0.0447. The summed E-state index contributed by atoms with van der Waals surface area (Å²) < 4.78 is 60.5. The van der Waals surface area contributed by atoms with Crippen molar-refractivity contribution in [1.82, 2.24) is 5.32 Å². The van der Waals surface area contributed by atoms with Gasteiger partial charge in [-0.15, -0.1) is 0 Å². The molecular formula is C22H18F4N4O3. The lowest BCUT2D eigenvalue weighted by molar-refractivity contribution is -0.137. The van der Waals surface area contributed by atoms with Gasteiger partial charge in [-0.2, -0.15) is 18.4 Å². The molecule has 7 nitrogen and oxygen atoms in total. The van der Waals surface area contributed by atoms with Crippen LogP contribution in [0.3, 0.4) is 0 Å². The summed E-state index contributed by atoms with van der Waals surface area (Å²) in [6, 6.07) is 6.53. The normalized spacial score (nSPS) is 20.4. The standard InChI is InChI=1S/C22H18F4N4O3/c1-28-20(31)15-5-4-14(9-17(15)23)29-18-6-7-33-11-19(18)30(21(29)32)13-3-2-12(10-27)16(8-13)22(24,25)26/h2-5,8-9,18-19H,6-7,11H2,1H3,(H,28,31)/t18-,19-/m0/s1. The van der Waals surface area contributed by atoms with Gasteiger partial charge < -0.3 is 10.1 Å². The summed E-state index contributed by atoms with van der Waals surface area (Å²) in [7, 11) is 1.36. The van der Waals surface area contributed by atoms with Crippen LogP contribution in [-0.2, 0) is 10.9 Å². The van der Waals surface area contributed by atoms with E-state index in [0.717, 1.165) is 18.2 Å². The number of carbonyl (C=O) groups excluding carboxylic acids is 2. The topological polar surface area (TPSA) is 85.7 Å². The number of urea groups is 1. The maximum Gasteiger partial charge on any atom is 0.417 e. The summed E-state index contributed by atoms with van der Waals surface area (Å²) in [6.07, 6.45) is -4.40. The maximum atomic E-state index is 14.6. The molecule has 2 aliphatic heterocycles. The summed E-state index contributed by atoms with van der Waals surface area (Å²) >= 11 is 0. The Hall–Kier alpha value is -3.65. The number of ether oxygens (including phenoxy) is 1. The summed E-state index contributed by atoms with van der Waals surface area (Å²) in [5.41, 5.74) is -1.78. The van der Waals surface area contributed by atoms with Crippen LogP contribution in [0.4, 0.5) is 33.7 Å². The van der Waals surface area contributed by atoms with Crippen LogP contribution in [-0.4, -0.2) is 44.3 Å². The van der Waals surface area contributed by atoms with E-state index in [4.69, 9.17) is 10.00 Å². The van der Waals surface area contributed by atoms with E-state index in [2.05, 4.69) is 5.32 Å². The Morgan fingerprint density at radius 1 is 1.15 bits per heavy atom. The van der Waals surface area contributed by atoms with Gasteiger partial charge in [0.05, 0.1) is 41.5 Å². The largest absolute Gasteiger partial charge is 0.417 e. The van der Waals surface area contributed by atoms with E-state index in [-0.39, 0.29) is 23.5 Å². The van der Waals surface area contributed by atoms with Crippen LogP contribution in [0.25, 0.3) is 0 Å². The molecule has 0 unspecified atom stereocenters. The second-order valence-electron chi connectivity index (χ2n) is 7.60. The highest BCUT2D eigenvalue weighted by atomic mass is 19.4. The number of carbonyl (C=O) groups is 2. The second kappa shape index (κ2) is 8.37. The zero-order chi connectivity index (χ0) is 23.9. The first kappa shape index (κ1) is 22.5. The number of benzene rings is 2. The molecule has 11 heteroatoms. The van der Waals surface area contributed by atoms with Crippen LogP contribution in [0.2, 0.25) is 0 Å². The van der Waals surface area contributed by atoms with Crippen LogP contribution in [0, 0.1) is 17.1 Å². The lowest BCUT2D eigenvalue weighted by Crippen LogP contribution is -2.45. The third-order valence-electron chi connectivity index (χ3n) is 5.78. The van der Waals surface area contributed by atoms with Crippen molar-refractivity contribution in [2.45, 2.75) is 24.7 Å². The number of rotatable bonds is 3. The number of fused-ring (bicyclic) bond motifs is 1. The number of nitrogens with one attached hydrogen (secondary N) is 1. The van der Waals surface area contributed by atoms with Crippen molar-refractivity contribution in [3.63, 3.8) is 0 Å². The van der Waals surface area contributed by atoms with Gasteiger partial charge in [0.25, 0.3) is 5.91 Å². The fourth-order valence-electron chi connectivity index (χ4n) is 4.25. The minimum Gasteiger partial charge on any atom is -0.379 e. The molecule has 2 atom stereocenters. The highest BCUT2D eigenvalue weighted by Gasteiger charge is 2.49. The molecule has 2 aromatic rings. The Morgan fingerprint density at radius 2 is 1.82 bits per heavy atom. The molecule has 2 fully saturated rings. The lowest BCUT2D eigenvalue weighted by Gasteiger charge is -2.32. The second-order valence-corrected chi connectivity index (χ2v) is 7.60. The van der Waals surface area contributed by atoms with Crippen LogP contribution in [0.1, 0.15) is 27.9 Å². The Balaban J connectivity index is 1.77. The third-order valence-corrected chi connectivity index (χ3v) is 5.78. The highest BCUT2D eigenvalue weighted by molar-refractivity contribution is 6.08. The molecule has 2 aliphatic rings. The van der Waals surface area contributed by atoms with Crippen LogP contribution < -0.4 is 15.1 Å². The Morgan fingerprint density at radius 3 is 2.45 bits per heavy atom. The Labute approximate surface area is 186 Å². The molecule has 172 valence electrons. The smallest absolute Gasteiger partial charge is 0.379 e. The number of alkyl halides is 3. The molecule has 0 aromatic heterocycles. The molecule has 0 saturated carbocycles. The number of anilines is 2. The monoisotopic (exact) mass is 462 g/mol. The highest BCUT2D eigenvalue weighted by Crippen LogP contribution is 2.40. The molecule has 2 aromatic carbocycles. The van der Waals surface area contributed by atoms with Crippen LogP contribution in [0.5, 0.6) is 0 Å². The third kappa shape index (κ3) is 3.87. The molecule has 0 bridgehead atoms. The number of nitrogens with zero attached hydrogens (tertiary/aromatic N) is 3. The number of hydrogen-bond donors (Lipinski definition) is 1. The molecule has 1 N–H and O–H groups in total. The van der Waals surface area contributed by atoms with E-state index in [9.17, 15) is 27.2 Å². The number of amides is 3. The van der Waals surface area contributed by atoms with Crippen molar-refractivity contribution in [3.8, 4) is 6.07 Å². The van der Waals surface area contributed by atoms with E-state index in [1.807, 2.05) is 0 Å². The predicted octanol–water partition coefficient (Wildman–Crippen LogP) is 3.68. The van der Waals surface area contributed by atoms with Crippen molar-refractivity contribution >= 4 is 23.3 Å². The van der Waals surface area contributed by atoms with Gasteiger partial charge in [0.1, 0.15) is 5.82 Å². The molecule has 2 saturated heterocycles. The lowest BCUT2D eigenvalue weighted by atomic mass is 10.0. The van der Waals surface area contributed by atoms with Crippen molar-refractivity contribution in [1.29, 1.82) is 5.26 Å². The van der Waals surface area contributed by atoms with Crippen molar-refractivity contribution < 1.29 is 31.9 Å². The van der Waals surface area contributed by atoms with Gasteiger partial charge in [-0.1, -0.05) is 0 Å². The summed E-state index contributed by atoms with van der Waals surface area (Å²) in [5, 5.41) is 11.4. The zero-order valence-electron chi connectivity index (χ0n) is 17.3. The molecule has 2 heterocycles. The fraction of sp³-hybridized carbons (Fsp3) is 0.318. The van der Waals surface area contributed by atoms with Gasteiger partial charge in [-0.05, 0) is 42.8 Å². The van der Waals surface area contributed by atoms with Crippen molar-refractivity contribution in [2.24, 2.45) is 0 Å². The SMILES string of the molecule is CNC(=O)c1ccc(N2C(=O)N(c3ccc(C#N)c(C(F)(F)F)c3)[C@H]3COCC[C@@H]32)cc1F. The van der Waals surface area contributed by atoms with E-state index in [1.54, 1.807) is 0 Å². The van der Waals surface area contributed by atoms with E-state index >= 15 is 0 Å². The molecule has 0 spiro atoms. The first-order chi connectivity index (χ1) is 15.7. The predicted molar refractivity (Wildman–Crippen MR) is 109 cm³/mol. The van der Waals surface area contributed by atoms with E-state index in [0.29, 0.717) is 13.0 Å². The molecule has 0 aliphatic carbocycles. The van der Waals surface area contributed by atoms with Gasteiger partial charge in [0.2, 0.25) is 0 Å². The van der Waals surface area contributed by atoms with Gasteiger partial charge in [0.15, 0.2) is 0 Å². The van der Waals surface area contributed by atoms with E-state index in [1.165, 1.54) is 41.1 Å². The Bertz CT molecular complexity index is 1160. The Kier molecular flexibility index (Phi) is 5.71. The zero-order valence-corrected chi connectivity index (χ0v) is 17.3. The molecule has 3 amide bonds. The number of nitriles is 1. The fourth-order valence-corrected chi connectivity index (χ4v) is 4.25. The maximum absolute atomic E-state index is 14.6. The first-order valence-corrected chi connectivity index (χ1v) is 10.0. The van der Waals surface area contributed by atoms with Crippen LogP contribution in [0.15, 0.2) is 36.4 Å². The number of hydrogen-bond acceptors (Lipinski definition) is 4. The summed E-state index contributed by atoms with van der Waals surface area (Å²) in [5.74, 6) is -1.46. The van der Waals surface area contributed by atoms with Gasteiger partial charge in [-0.3, -0.25) is 14.6 Å². The summed E-state index contributed by atoms with van der Waals surface area (Å²) in [4.78, 5) is 27.7. The average Bonchev–Trinajstić information content (AvgIpc) is 3.09. The minimum atomic E-state index is -4.79. The first-order valence-electron chi connectivity index (χ1n) is 10.0. The molecular weight excluding hydrogens is 444 g/mol. The van der Waals surface area contributed by atoms with Crippen molar-refractivity contribution in [2.75, 3.05) is 30.1 Å².